The second-order valence-electron chi connectivity index (χ2n) is 1.40. The summed E-state index contributed by atoms with van der Waals surface area (Å²) in [5, 5.41) is 8.19. The highest BCUT2D eigenvalue weighted by Crippen LogP contribution is 1.97. The van der Waals surface area contributed by atoms with Gasteiger partial charge in [0, 0.05) is 0 Å². The second kappa shape index (κ2) is 2.17. The van der Waals surface area contributed by atoms with E-state index in [1.807, 2.05) is 0 Å². The Morgan fingerprint density at radius 3 is 3.22 bits per heavy atom. The number of nitrogens with two attached hydrogens (primary N) is 1. The van der Waals surface area contributed by atoms with Gasteiger partial charge in [-0.3, -0.25) is 0 Å². The number of H-pyrrole nitrogens is 1. The fourth-order valence-corrected chi connectivity index (χ4v) is 0.418. The summed E-state index contributed by atoms with van der Waals surface area (Å²) >= 11 is 0. The van der Waals surface area contributed by atoms with E-state index in [9.17, 15) is 4.79 Å². The first-order valence-corrected chi connectivity index (χ1v) is 2.27. The molecule has 0 saturated carbocycles. The highest BCUT2D eigenvalue weighted by Gasteiger charge is 1.85. The highest BCUT2D eigenvalue weighted by molar-refractivity contribution is 5.87. The number of hydrogen-bond acceptors (Lipinski definition) is 2. The summed E-state index contributed by atoms with van der Waals surface area (Å²) in [5.74, 6) is 0. The predicted octanol–water partition coefficient (Wildman–Crippen LogP) is -0.300. The number of rotatable bonds is 1. The number of primary amides is 1. The summed E-state index contributed by atoms with van der Waals surface area (Å²) in [7, 11) is 0. The molecule has 9 heavy (non-hydrogen) atoms. The third-order valence-electron chi connectivity index (χ3n) is 0.708. The average Bonchev–Trinajstić information content (AvgIpc) is 2.15. The van der Waals surface area contributed by atoms with Crippen molar-refractivity contribution in [3.8, 4) is 0 Å². The predicted molar refractivity (Wildman–Crippen MR) is 30.6 cm³/mol. The third kappa shape index (κ3) is 1.45. The Hall–Kier alpha value is -1.52. The molecular formula is C4H5N4O-. The number of carbonyl (C=O) groups is 1. The molecule has 1 heterocycles. The molecule has 0 bridgehead atoms. The molecule has 0 unspecified atom stereocenters. The Labute approximate surface area is 51.2 Å². The van der Waals surface area contributed by atoms with Gasteiger partial charge in [0.2, 0.25) is 0 Å². The number of carbonyl (C=O) groups excluding carboxylic acids is 1. The lowest BCUT2D eigenvalue weighted by Crippen LogP contribution is -2.18. The van der Waals surface area contributed by atoms with Crippen LogP contribution in [0, 0.1) is 6.20 Å². The number of nitrogens with one attached hydrogen (secondary N) is 2. The van der Waals surface area contributed by atoms with Gasteiger partial charge in [0.1, 0.15) is 0 Å². The van der Waals surface area contributed by atoms with Crippen molar-refractivity contribution in [3.63, 3.8) is 0 Å². The van der Waals surface area contributed by atoms with Crippen LogP contribution >= 0.6 is 0 Å². The topological polar surface area (TPSA) is 83.8 Å². The van der Waals surface area contributed by atoms with E-state index >= 15 is 0 Å². The molecule has 1 rings (SSSR count). The molecule has 0 aliphatic heterocycles. The van der Waals surface area contributed by atoms with Crippen molar-refractivity contribution in [2.24, 2.45) is 5.73 Å². The van der Waals surface area contributed by atoms with Crippen LogP contribution in [0.1, 0.15) is 0 Å². The molecule has 0 aliphatic carbocycles. The van der Waals surface area contributed by atoms with Crippen LogP contribution in [0.4, 0.5) is 10.5 Å². The van der Waals surface area contributed by atoms with Gasteiger partial charge < -0.3 is 21.2 Å². The maximum Gasteiger partial charge on any atom is 0.314 e. The molecule has 1 aromatic rings. The first kappa shape index (κ1) is 5.61. The summed E-state index contributed by atoms with van der Waals surface area (Å²) in [6.07, 6.45) is 3.93. The van der Waals surface area contributed by atoms with Gasteiger partial charge in [-0.25, -0.2) is 4.79 Å². The Kier molecular flexibility index (Phi) is 1.35. The minimum absolute atomic E-state index is 0.447. The normalized spacial score (nSPS) is 8.89. The van der Waals surface area contributed by atoms with Gasteiger partial charge in [-0.15, -0.1) is 6.20 Å². The van der Waals surface area contributed by atoms with E-state index in [-0.39, 0.29) is 0 Å². The van der Waals surface area contributed by atoms with Gasteiger partial charge in [0.15, 0.2) is 0 Å². The lowest BCUT2D eigenvalue weighted by atomic mass is 10.6. The van der Waals surface area contributed by atoms with Crippen LogP contribution in [0.3, 0.4) is 0 Å². The molecule has 0 radical (unpaired) electrons. The Bertz CT molecular complexity index is 192. The van der Waals surface area contributed by atoms with E-state index < -0.39 is 6.03 Å². The van der Waals surface area contributed by atoms with Crippen molar-refractivity contribution < 1.29 is 4.79 Å². The zero-order valence-electron chi connectivity index (χ0n) is 4.51. The fourth-order valence-electron chi connectivity index (χ4n) is 0.418. The van der Waals surface area contributed by atoms with Crippen LogP contribution in [0.25, 0.3) is 0 Å². The molecule has 2 amide bonds. The largest absolute Gasteiger partial charge is 0.380 e. The molecule has 5 heteroatoms. The van der Waals surface area contributed by atoms with Gasteiger partial charge in [0.05, 0.1) is 0 Å². The SMILES string of the molecule is NC(=O)Nc1[c-]n[nH]c1. The summed E-state index contributed by atoms with van der Waals surface area (Å²) in [5.41, 5.74) is 5.22. The van der Waals surface area contributed by atoms with E-state index in [2.05, 4.69) is 21.7 Å². The van der Waals surface area contributed by atoms with Gasteiger partial charge in [-0.1, -0.05) is 11.9 Å². The molecule has 1 aromatic heterocycles. The summed E-state index contributed by atoms with van der Waals surface area (Å²) in [6.45, 7) is 0. The Balaban J connectivity index is 2.58. The molecular weight excluding hydrogens is 120 g/mol. The van der Waals surface area contributed by atoms with Gasteiger partial charge in [-0.2, -0.15) is 0 Å². The minimum atomic E-state index is -0.618. The minimum Gasteiger partial charge on any atom is -0.380 e. The zero-order valence-corrected chi connectivity index (χ0v) is 4.51. The molecule has 0 atom stereocenters. The smallest absolute Gasteiger partial charge is 0.314 e. The standard InChI is InChI=1S/C4H5N4O/c5-4(9)8-3-1-6-7-2-3/h1H,(H,6,7)(H3,5,8,9)/q-1. The number of aromatic nitrogens is 2. The fraction of sp³-hybridized carbons (Fsp3) is 0. The van der Waals surface area contributed by atoms with Crippen LogP contribution in [0.5, 0.6) is 0 Å². The van der Waals surface area contributed by atoms with Gasteiger partial charge >= 0.3 is 6.03 Å². The molecule has 0 spiro atoms. The van der Waals surface area contributed by atoms with E-state index in [0.717, 1.165) is 0 Å². The molecule has 0 aliphatic rings. The first-order valence-electron chi connectivity index (χ1n) is 2.27. The highest BCUT2D eigenvalue weighted by atomic mass is 16.2. The number of anilines is 1. The molecule has 0 saturated heterocycles. The average molecular weight is 125 g/mol. The molecule has 0 aromatic carbocycles. The number of nitrogens with zero attached hydrogens (tertiary/aromatic N) is 1. The van der Waals surface area contributed by atoms with Crippen molar-refractivity contribution in [3.05, 3.63) is 12.4 Å². The lowest BCUT2D eigenvalue weighted by molar-refractivity contribution is 0.259. The van der Waals surface area contributed by atoms with Crippen molar-refractivity contribution in [2.75, 3.05) is 5.32 Å². The molecule has 5 nitrogen and oxygen atoms in total. The van der Waals surface area contributed by atoms with E-state index in [0.29, 0.717) is 5.69 Å². The van der Waals surface area contributed by atoms with Crippen LogP contribution in [-0.4, -0.2) is 16.2 Å². The van der Waals surface area contributed by atoms with Crippen molar-refractivity contribution >= 4 is 11.7 Å². The van der Waals surface area contributed by atoms with Crippen molar-refractivity contribution in [1.29, 1.82) is 0 Å². The number of hydrogen-bond donors (Lipinski definition) is 3. The van der Waals surface area contributed by atoms with Crippen LogP contribution in [-0.2, 0) is 0 Å². The van der Waals surface area contributed by atoms with Crippen LogP contribution < -0.4 is 11.1 Å². The van der Waals surface area contributed by atoms with Gasteiger partial charge in [-0.05, 0) is 0 Å². The zero-order chi connectivity index (χ0) is 6.69. The van der Waals surface area contributed by atoms with E-state index in [1.54, 1.807) is 0 Å². The van der Waals surface area contributed by atoms with Crippen molar-refractivity contribution in [2.45, 2.75) is 0 Å². The number of aromatic amines is 1. The lowest BCUT2D eigenvalue weighted by Gasteiger charge is -1.99. The summed E-state index contributed by atoms with van der Waals surface area (Å²) in [6, 6.07) is -0.618. The van der Waals surface area contributed by atoms with Crippen molar-refractivity contribution in [1.82, 2.24) is 10.2 Å². The first-order chi connectivity index (χ1) is 4.29. The van der Waals surface area contributed by atoms with E-state index in [4.69, 9.17) is 5.73 Å². The maximum absolute atomic E-state index is 10.1. The number of urea groups is 1. The van der Waals surface area contributed by atoms with E-state index in [1.165, 1.54) is 6.20 Å². The quantitative estimate of drug-likeness (QED) is 0.450. The molecule has 0 fully saturated rings. The van der Waals surface area contributed by atoms with Crippen LogP contribution in [0.15, 0.2) is 6.20 Å². The molecule has 4 N–H and O–H groups in total. The number of amides is 2. The van der Waals surface area contributed by atoms with Gasteiger partial charge in [0.25, 0.3) is 0 Å². The third-order valence-corrected chi connectivity index (χ3v) is 0.708. The Morgan fingerprint density at radius 2 is 2.78 bits per heavy atom. The monoisotopic (exact) mass is 125 g/mol. The molecule has 48 valence electrons. The van der Waals surface area contributed by atoms with Crippen LogP contribution in [0.2, 0.25) is 0 Å². The maximum atomic E-state index is 10.1. The summed E-state index contributed by atoms with van der Waals surface area (Å²) < 4.78 is 0. The Morgan fingerprint density at radius 1 is 2.00 bits per heavy atom. The second-order valence-corrected chi connectivity index (χ2v) is 1.40. The summed E-state index contributed by atoms with van der Waals surface area (Å²) in [4.78, 5) is 10.1.